The summed E-state index contributed by atoms with van der Waals surface area (Å²) in [6.45, 7) is 7.25. The number of carbonyl (C=O) groups is 1. The van der Waals surface area contributed by atoms with E-state index in [4.69, 9.17) is 4.74 Å². The maximum absolute atomic E-state index is 12.0. The van der Waals surface area contributed by atoms with Crippen molar-refractivity contribution in [2.75, 3.05) is 6.61 Å². The summed E-state index contributed by atoms with van der Waals surface area (Å²) < 4.78 is 5.83. The highest BCUT2D eigenvalue weighted by Gasteiger charge is 2.10. The van der Waals surface area contributed by atoms with E-state index in [1.807, 2.05) is 0 Å². The molecule has 138 valence electrons. The second kappa shape index (κ2) is 8.86. The predicted octanol–water partition coefficient (Wildman–Crippen LogP) is 3.77. The van der Waals surface area contributed by atoms with Gasteiger partial charge >= 0.3 is 0 Å². The molecule has 0 saturated heterocycles. The Morgan fingerprint density at radius 2 is 1.92 bits per heavy atom. The van der Waals surface area contributed by atoms with E-state index in [-0.39, 0.29) is 5.91 Å². The SMILES string of the molecule is Cc1ccc(C)c(OCCCCC(=O)NCc2ccc3c(c2)CNC3)c1. The minimum Gasteiger partial charge on any atom is -0.493 e. The Morgan fingerprint density at radius 1 is 1.08 bits per heavy atom. The molecule has 0 atom stereocenters. The molecule has 0 saturated carbocycles. The van der Waals surface area contributed by atoms with Crippen molar-refractivity contribution in [3.63, 3.8) is 0 Å². The lowest BCUT2D eigenvalue weighted by molar-refractivity contribution is -0.121. The highest BCUT2D eigenvalue weighted by molar-refractivity contribution is 5.75. The lowest BCUT2D eigenvalue weighted by Gasteiger charge is -2.10. The fraction of sp³-hybridized carbons (Fsp3) is 0.409. The van der Waals surface area contributed by atoms with Gasteiger partial charge in [0.1, 0.15) is 5.75 Å². The van der Waals surface area contributed by atoms with Crippen LogP contribution in [0, 0.1) is 13.8 Å². The van der Waals surface area contributed by atoms with Crippen molar-refractivity contribution in [3.8, 4) is 5.75 Å². The summed E-state index contributed by atoms with van der Waals surface area (Å²) in [7, 11) is 0. The van der Waals surface area contributed by atoms with Crippen LogP contribution in [0.3, 0.4) is 0 Å². The van der Waals surface area contributed by atoms with Crippen LogP contribution in [0.25, 0.3) is 0 Å². The Labute approximate surface area is 156 Å². The minimum absolute atomic E-state index is 0.107. The lowest BCUT2D eigenvalue weighted by Crippen LogP contribution is -2.22. The number of fused-ring (bicyclic) bond motifs is 1. The van der Waals surface area contributed by atoms with Crippen molar-refractivity contribution in [1.82, 2.24) is 10.6 Å². The first-order valence-corrected chi connectivity index (χ1v) is 9.40. The third kappa shape index (κ3) is 5.09. The van der Waals surface area contributed by atoms with E-state index in [0.29, 0.717) is 19.6 Å². The normalized spacial score (nSPS) is 12.7. The van der Waals surface area contributed by atoms with Crippen molar-refractivity contribution in [3.05, 3.63) is 64.2 Å². The Kier molecular flexibility index (Phi) is 6.29. The number of amides is 1. The van der Waals surface area contributed by atoms with Gasteiger partial charge in [0.2, 0.25) is 5.91 Å². The minimum atomic E-state index is 0.107. The number of benzene rings is 2. The van der Waals surface area contributed by atoms with Gasteiger partial charge in [-0.15, -0.1) is 0 Å². The molecular formula is C22H28N2O2. The molecule has 4 nitrogen and oxygen atoms in total. The molecule has 0 fully saturated rings. The molecule has 4 heteroatoms. The molecule has 0 unspecified atom stereocenters. The molecule has 0 radical (unpaired) electrons. The summed E-state index contributed by atoms with van der Waals surface area (Å²) in [5.41, 5.74) is 6.23. The maximum atomic E-state index is 12.0. The first-order valence-electron chi connectivity index (χ1n) is 9.40. The molecule has 2 aromatic carbocycles. The molecule has 2 N–H and O–H groups in total. The summed E-state index contributed by atoms with van der Waals surface area (Å²) >= 11 is 0. The van der Waals surface area contributed by atoms with E-state index in [1.165, 1.54) is 22.3 Å². The molecule has 2 aromatic rings. The van der Waals surface area contributed by atoms with Gasteiger partial charge in [0, 0.05) is 26.1 Å². The third-order valence-corrected chi connectivity index (χ3v) is 4.79. The molecule has 0 bridgehead atoms. The van der Waals surface area contributed by atoms with Crippen molar-refractivity contribution >= 4 is 5.91 Å². The number of hydrogen-bond donors (Lipinski definition) is 2. The summed E-state index contributed by atoms with van der Waals surface area (Å²) in [5.74, 6) is 1.05. The van der Waals surface area contributed by atoms with Gasteiger partial charge in [-0.1, -0.05) is 30.3 Å². The molecule has 0 aliphatic carbocycles. The van der Waals surface area contributed by atoms with E-state index in [0.717, 1.165) is 37.2 Å². The number of nitrogens with one attached hydrogen (secondary N) is 2. The van der Waals surface area contributed by atoms with E-state index in [9.17, 15) is 4.79 Å². The van der Waals surface area contributed by atoms with Crippen LogP contribution in [0.4, 0.5) is 0 Å². The number of rotatable bonds is 8. The Hall–Kier alpha value is -2.33. The van der Waals surface area contributed by atoms with Crippen LogP contribution in [0.5, 0.6) is 5.75 Å². The summed E-state index contributed by atoms with van der Waals surface area (Å²) in [6, 6.07) is 12.7. The van der Waals surface area contributed by atoms with Crippen molar-refractivity contribution in [1.29, 1.82) is 0 Å². The molecule has 0 aromatic heterocycles. The monoisotopic (exact) mass is 352 g/mol. The van der Waals surface area contributed by atoms with Gasteiger partial charge in [0.15, 0.2) is 0 Å². The Bertz CT molecular complexity index is 771. The summed E-state index contributed by atoms with van der Waals surface area (Å²) in [4.78, 5) is 12.0. The summed E-state index contributed by atoms with van der Waals surface area (Å²) in [6.07, 6.45) is 2.26. The van der Waals surface area contributed by atoms with Crippen LogP contribution in [-0.2, 0) is 24.4 Å². The van der Waals surface area contributed by atoms with E-state index >= 15 is 0 Å². The average molecular weight is 352 g/mol. The van der Waals surface area contributed by atoms with Crippen molar-refractivity contribution in [2.45, 2.75) is 52.7 Å². The number of hydrogen-bond acceptors (Lipinski definition) is 3. The second-order valence-electron chi connectivity index (χ2n) is 7.06. The van der Waals surface area contributed by atoms with Gasteiger partial charge in [-0.3, -0.25) is 4.79 Å². The first-order chi connectivity index (χ1) is 12.6. The Balaban J connectivity index is 1.32. The molecule has 26 heavy (non-hydrogen) atoms. The number of ether oxygens (including phenoxy) is 1. The fourth-order valence-electron chi connectivity index (χ4n) is 3.18. The molecule has 0 spiro atoms. The molecule has 1 aliphatic heterocycles. The van der Waals surface area contributed by atoms with Crippen LogP contribution in [0.1, 0.15) is 47.1 Å². The van der Waals surface area contributed by atoms with Gasteiger partial charge in [-0.2, -0.15) is 0 Å². The van der Waals surface area contributed by atoms with Gasteiger partial charge in [0.25, 0.3) is 0 Å². The van der Waals surface area contributed by atoms with Gasteiger partial charge in [-0.25, -0.2) is 0 Å². The van der Waals surface area contributed by atoms with Crippen LogP contribution < -0.4 is 15.4 Å². The van der Waals surface area contributed by atoms with Crippen LogP contribution in [0.2, 0.25) is 0 Å². The van der Waals surface area contributed by atoms with Crippen LogP contribution in [0.15, 0.2) is 36.4 Å². The van der Waals surface area contributed by atoms with Crippen LogP contribution in [-0.4, -0.2) is 12.5 Å². The highest BCUT2D eigenvalue weighted by Crippen LogP contribution is 2.19. The van der Waals surface area contributed by atoms with Gasteiger partial charge in [0.05, 0.1) is 6.61 Å². The van der Waals surface area contributed by atoms with Crippen molar-refractivity contribution in [2.24, 2.45) is 0 Å². The molecule has 3 rings (SSSR count). The van der Waals surface area contributed by atoms with Crippen LogP contribution >= 0.6 is 0 Å². The van der Waals surface area contributed by atoms with E-state index in [1.54, 1.807) is 0 Å². The van der Waals surface area contributed by atoms with E-state index in [2.05, 4.69) is 60.9 Å². The van der Waals surface area contributed by atoms with Gasteiger partial charge < -0.3 is 15.4 Å². The molecule has 1 amide bonds. The van der Waals surface area contributed by atoms with Crippen molar-refractivity contribution < 1.29 is 9.53 Å². The highest BCUT2D eigenvalue weighted by atomic mass is 16.5. The third-order valence-electron chi connectivity index (χ3n) is 4.79. The molecule has 1 heterocycles. The topological polar surface area (TPSA) is 50.4 Å². The second-order valence-corrected chi connectivity index (χ2v) is 7.06. The lowest BCUT2D eigenvalue weighted by atomic mass is 10.1. The molecule has 1 aliphatic rings. The molecular weight excluding hydrogens is 324 g/mol. The fourth-order valence-corrected chi connectivity index (χ4v) is 3.18. The maximum Gasteiger partial charge on any atom is 0.220 e. The zero-order valence-electron chi connectivity index (χ0n) is 15.7. The zero-order chi connectivity index (χ0) is 18.4. The first kappa shape index (κ1) is 18.5. The zero-order valence-corrected chi connectivity index (χ0v) is 15.7. The average Bonchev–Trinajstić information content (AvgIpc) is 3.10. The standard InChI is InChI=1S/C22H28N2O2/c1-16-6-7-17(2)21(11-16)26-10-4-3-5-22(25)24-13-18-8-9-19-14-23-15-20(19)12-18/h6-9,11-12,23H,3-5,10,13-15H2,1-2H3,(H,24,25). The number of unbranched alkanes of at least 4 members (excludes halogenated alkanes) is 1. The smallest absolute Gasteiger partial charge is 0.220 e. The number of carbonyl (C=O) groups excluding carboxylic acids is 1. The predicted molar refractivity (Wildman–Crippen MR) is 104 cm³/mol. The van der Waals surface area contributed by atoms with E-state index < -0.39 is 0 Å². The summed E-state index contributed by atoms with van der Waals surface area (Å²) in [5, 5.41) is 6.35. The quantitative estimate of drug-likeness (QED) is 0.711. The largest absolute Gasteiger partial charge is 0.493 e. The number of aryl methyl sites for hydroxylation is 2. The van der Waals surface area contributed by atoms with Gasteiger partial charge in [-0.05, 0) is 60.6 Å². The Morgan fingerprint density at radius 3 is 2.81 bits per heavy atom.